The summed E-state index contributed by atoms with van der Waals surface area (Å²) in [4.78, 5) is 20.4. The number of aromatic nitrogens is 4. The number of carbonyl (C=O) groups excluding carboxylic acids is 1. The number of carbonyl (C=O) groups is 1. The van der Waals surface area contributed by atoms with Gasteiger partial charge in [-0.2, -0.15) is 26.3 Å². The van der Waals surface area contributed by atoms with Gasteiger partial charge in [0.05, 0.1) is 16.7 Å². The van der Waals surface area contributed by atoms with Crippen molar-refractivity contribution in [1.82, 2.24) is 19.7 Å². The number of halogens is 7. The third-order valence-electron chi connectivity index (χ3n) is 5.13. The van der Waals surface area contributed by atoms with Crippen molar-refractivity contribution in [3.8, 4) is 22.8 Å². The van der Waals surface area contributed by atoms with Gasteiger partial charge in [-0.3, -0.25) is 4.79 Å². The van der Waals surface area contributed by atoms with Crippen molar-refractivity contribution >= 4 is 29.3 Å². The van der Waals surface area contributed by atoms with Gasteiger partial charge in [0.1, 0.15) is 5.15 Å². The van der Waals surface area contributed by atoms with Crippen LogP contribution in [-0.2, 0) is 17.1 Å². The van der Waals surface area contributed by atoms with E-state index in [1.807, 2.05) is 0 Å². The van der Waals surface area contributed by atoms with Crippen molar-refractivity contribution in [3.05, 3.63) is 88.7 Å². The minimum atomic E-state index is -4.57. The Labute approximate surface area is 210 Å². The summed E-state index contributed by atoms with van der Waals surface area (Å²) in [5.74, 6) is -0.920. The second-order valence-electron chi connectivity index (χ2n) is 7.63. The lowest BCUT2D eigenvalue weighted by Crippen LogP contribution is -2.14. The lowest BCUT2D eigenvalue weighted by Gasteiger charge is -2.08. The maximum Gasteiger partial charge on any atom is 0.416 e. The van der Waals surface area contributed by atoms with Gasteiger partial charge >= 0.3 is 12.4 Å². The van der Waals surface area contributed by atoms with E-state index < -0.39 is 29.4 Å². The minimum Gasteiger partial charge on any atom is -0.366 e. The van der Waals surface area contributed by atoms with Gasteiger partial charge in [0.2, 0.25) is 0 Å². The molecule has 2 N–H and O–H groups in total. The third-order valence-corrected chi connectivity index (χ3v) is 5.35. The molecule has 2 aromatic heterocycles. The molecule has 0 fully saturated rings. The van der Waals surface area contributed by atoms with E-state index in [9.17, 15) is 31.1 Å². The number of pyridine rings is 1. The third kappa shape index (κ3) is 5.80. The zero-order valence-corrected chi connectivity index (χ0v) is 19.1. The lowest BCUT2D eigenvalue weighted by atomic mass is 10.1. The zero-order chi connectivity index (χ0) is 27.0. The molecule has 0 unspecified atom stereocenters. The number of primary amides is 1. The lowest BCUT2D eigenvalue weighted by molar-refractivity contribution is -0.138. The molecule has 0 aliphatic rings. The van der Waals surface area contributed by atoms with Crippen LogP contribution in [0.5, 0.6) is 0 Å². The van der Waals surface area contributed by atoms with E-state index in [1.54, 1.807) is 0 Å². The molecule has 0 bridgehead atoms. The van der Waals surface area contributed by atoms with Crippen molar-refractivity contribution in [2.75, 3.05) is 0 Å². The number of nitrogens with zero attached hydrogens (tertiary/aromatic N) is 4. The number of alkyl halides is 6. The molecule has 0 saturated heterocycles. The van der Waals surface area contributed by atoms with E-state index in [-0.39, 0.29) is 39.1 Å². The first kappa shape index (κ1) is 25.9. The SMILES string of the molecule is NC(=O)C(=Cn1nc(-c2ccc(C(F)(F)F)cc2)nc1-c1ccc(C(F)(F)F)cc1)c1ccc(Cl)nc1. The summed E-state index contributed by atoms with van der Waals surface area (Å²) in [6.07, 6.45) is -6.65. The van der Waals surface area contributed by atoms with Crippen LogP contribution in [0.25, 0.3) is 34.5 Å². The zero-order valence-electron chi connectivity index (χ0n) is 18.3. The highest BCUT2D eigenvalue weighted by molar-refractivity contribution is 6.29. The summed E-state index contributed by atoms with van der Waals surface area (Å²) in [6.45, 7) is 0. The van der Waals surface area contributed by atoms with Crippen molar-refractivity contribution in [1.29, 1.82) is 0 Å². The van der Waals surface area contributed by atoms with Gasteiger partial charge < -0.3 is 5.73 Å². The van der Waals surface area contributed by atoms with Crippen molar-refractivity contribution in [2.45, 2.75) is 12.4 Å². The molecule has 0 atom stereocenters. The van der Waals surface area contributed by atoms with Gasteiger partial charge in [0.15, 0.2) is 11.6 Å². The fraction of sp³-hybridized carbons (Fsp3) is 0.0833. The van der Waals surface area contributed by atoms with Gasteiger partial charge in [-0.1, -0.05) is 35.9 Å². The Hall–Kier alpha value is -4.19. The molecular weight excluding hydrogens is 524 g/mol. The molecule has 0 saturated carbocycles. The Morgan fingerprint density at radius 3 is 1.84 bits per heavy atom. The summed E-state index contributed by atoms with van der Waals surface area (Å²) in [5.41, 5.74) is 4.31. The van der Waals surface area contributed by atoms with Gasteiger partial charge in [-0.05, 0) is 36.4 Å². The minimum absolute atomic E-state index is 0.00398. The van der Waals surface area contributed by atoms with Crippen LogP contribution in [-0.4, -0.2) is 25.7 Å². The summed E-state index contributed by atoms with van der Waals surface area (Å²) in [5, 5.41) is 4.41. The number of nitrogens with two attached hydrogens (primary N) is 1. The highest BCUT2D eigenvalue weighted by atomic mass is 35.5. The predicted octanol–water partition coefficient (Wildman–Crippen LogP) is 6.18. The molecule has 190 valence electrons. The molecule has 13 heteroatoms. The molecular formula is C24H14ClF6N5O. The maximum atomic E-state index is 13.0. The average Bonchev–Trinajstić information content (AvgIpc) is 3.26. The molecule has 4 rings (SSSR count). The number of hydrogen-bond acceptors (Lipinski definition) is 4. The molecule has 1 amide bonds. The highest BCUT2D eigenvalue weighted by Crippen LogP contribution is 2.33. The maximum absolute atomic E-state index is 13.0. The second-order valence-corrected chi connectivity index (χ2v) is 8.02. The normalized spacial score (nSPS) is 12.6. The molecule has 2 aromatic carbocycles. The van der Waals surface area contributed by atoms with Crippen LogP contribution < -0.4 is 5.73 Å². The van der Waals surface area contributed by atoms with E-state index in [1.165, 1.54) is 24.5 Å². The Bertz CT molecular complexity index is 1460. The highest BCUT2D eigenvalue weighted by Gasteiger charge is 2.31. The van der Waals surface area contributed by atoms with Gasteiger partial charge in [0, 0.05) is 29.1 Å². The monoisotopic (exact) mass is 537 g/mol. The molecule has 6 nitrogen and oxygen atoms in total. The smallest absolute Gasteiger partial charge is 0.366 e. The quantitative estimate of drug-likeness (QED) is 0.187. The number of benzene rings is 2. The summed E-state index contributed by atoms with van der Waals surface area (Å²) < 4.78 is 79.1. The Morgan fingerprint density at radius 1 is 0.838 bits per heavy atom. The van der Waals surface area contributed by atoms with E-state index in [4.69, 9.17) is 17.3 Å². The van der Waals surface area contributed by atoms with Gasteiger partial charge in [-0.25, -0.2) is 14.6 Å². The van der Waals surface area contributed by atoms with E-state index in [2.05, 4.69) is 15.1 Å². The average molecular weight is 538 g/mol. The molecule has 37 heavy (non-hydrogen) atoms. The van der Waals surface area contributed by atoms with Crippen LogP contribution in [0.3, 0.4) is 0 Å². The topological polar surface area (TPSA) is 86.7 Å². The van der Waals surface area contributed by atoms with E-state index >= 15 is 0 Å². The Morgan fingerprint density at radius 2 is 1.38 bits per heavy atom. The fourth-order valence-electron chi connectivity index (χ4n) is 3.29. The molecule has 4 aromatic rings. The number of amides is 1. The largest absolute Gasteiger partial charge is 0.416 e. The van der Waals surface area contributed by atoms with Gasteiger partial charge in [-0.15, -0.1) is 5.10 Å². The van der Waals surface area contributed by atoms with Crippen LogP contribution in [0.1, 0.15) is 16.7 Å². The first-order chi connectivity index (χ1) is 17.3. The van der Waals surface area contributed by atoms with Gasteiger partial charge in [0.25, 0.3) is 5.91 Å². The van der Waals surface area contributed by atoms with Crippen molar-refractivity contribution < 1.29 is 31.1 Å². The number of hydrogen-bond donors (Lipinski definition) is 1. The molecule has 0 spiro atoms. The molecule has 0 aliphatic heterocycles. The first-order valence-corrected chi connectivity index (χ1v) is 10.7. The van der Waals surface area contributed by atoms with Crippen LogP contribution in [0.4, 0.5) is 26.3 Å². The molecule has 2 heterocycles. The van der Waals surface area contributed by atoms with E-state index in [0.29, 0.717) is 0 Å². The Kier molecular flexibility index (Phi) is 6.78. The second kappa shape index (κ2) is 9.69. The van der Waals surface area contributed by atoms with E-state index in [0.717, 1.165) is 53.2 Å². The number of rotatable bonds is 5. The first-order valence-electron chi connectivity index (χ1n) is 10.3. The Balaban J connectivity index is 1.86. The van der Waals surface area contributed by atoms with Crippen molar-refractivity contribution in [3.63, 3.8) is 0 Å². The summed E-state index contributed by atoms with van der Waals surface area (Å²) >= 11 is 5.79. The van der Waals surface area contributed by atoms with Crippen molar-refractivity contribution in [2.24, 2.45) is 5.73 Å². The molecule has 0 radical (unpaired) electrons. The molecule has 0 aliphatic carbocycles. The standard InChI is InChI=1S/C24H14ClF6N5O/c25-19-10-5-15(11-33-19)18(20(32)37)12-36-22(14-3-8-17(9-4-14)24(29,30)31)34-21(35-36)13-1-6-16(7-2-13)23(26,27)28/h1-12H,(H2,32,37). The van der Waals surface area contributed by atoms with Crippen LogP contribution in [0.15, 0.2) is 66.9 Å². The summed E-state index contributed by atoms with van der Waals surface area (Å²) in [7, 11) is 0. The van der Waals surface area contributed by atoms with Crippen LogP contribution in [0, 0.1) is 0 Å². The summed E-state index contributed by atoms with van der Waals surface area (Å²) in [6, 6.07) is 10.9. The fourth-order valence-corrected chi connectivity index (χ4v) is 3.40. The van der Waals surface area contributed by atoms with Crippen LogP contribution in [0.2, 0.25) is 5.15 Å². The van der Waals surface area contributed by atoms with Crippen LogP contribution >= 0.6 is 11.6 Å². The predicted molar refractivity (Wildman–Crippen MR) is 124 cm³/mol.